The van der Waals surface area contributed by atoms with Crippen LogP contribution in [0.3, 0.4) is 0 Å². The molecule has 1 aliphatic rings. The molecular formula is C19H22F2N2O2S. The molecule has 1 heterocycles. The summed E-state index contributed by atoms with van der Waals surface area (Å²) in [6, 6.07) is 12.3. The molecule has 1 aliphatic heterocycles. The number of hydrogen-bond donors (Lipinski definition) is 1. The van der Waals surface area contributed by atoms with Crippen molar-refractivity contribution in [2.45, 2.75) is 24.3 Å². The van der Waals surface area contributed by atoms with E-state index in [1.165, 1.54) is 10.4 Å². The zero-order valence-corrected chi connectivity index (χ0v) is 15.2. The first-order valence-corrected chi connectivity index (χ1v) is 10.1. The second-order valence-corrected chi connectivity index (χ2v) is 8.48. The second-order valence-electron chi connectivity index (χ2n) is 6.54. The van der Waals surface area contributed by atoms with Gasteiger partial charge in [0.1, 0.15) is 0 Å². The van der Waals surface area contributed by atoms with Gasteiger partial charge in [-0.3, -0.25) is 0 Å². The zero-order chi connectivity index (χ0) is 18.6. The summed E-state index contributed by atoms with van der Waals surface area (Å²) in [6.45, 7) is 2.17. The standard InChI is InChI=1S/C19H22F2N2O2S/c20-18-7-6-16(12-19(18)21)14-22-13-15-8-10-23(11-9-15)26(24,25)17-4-2-1-3-5-17/h1-7,12,15,22H,8-11,13-14H2. The largest absolute Gasteiger partial charge is 0.312 e. The highest BCUT2D eigenvalue weighted by molar-refractivity contribution is 7.89. The molecule has 7 heteroatoms. The molecule has 0 unspecified atom stereocenters. The maximum Gasteiger partial charge on any atom is 0.243 e. The van der Waals surface area contributed by atoms with E-state index >= 15 is 0 Å². The Bertz CT molecular complexity index is 836. The molecular weight excluding hydrogens is 358 g/mol. The molecule has 0 aliphatic carbocycles. The number of sulfonamides is 1. The van der Waals surface area contributed by atoms with Crippen LogP contribution in [0.4, 0.5) is 8.78 Å². The van der Waals surface area contributed by atoms with Crippen molar-refractivity contribution in [2.24, 2.45) is 5.92 Å². The Morgan fingerprint density at radius 1 is 1.00 bits per heavy atom. The minimum Gasteiger partial charge on any atom is -0.312 e. The first-order chi connectivity index (χ1) is 12.5. The van der Waals surface area contributed by atoms with Crippen molar-refractivity contribution in [3.63, 3.8) is 0 Å². The molecule has 0 spiro atoms. The molecule has 0 amide bonds. The van der Waals surface area contributed by atoms with Crippen molar-refractivity contribution in [1.29, 1.82) is 0 Å². The summed E-state index contributed by atoms with van der Waals surface area (Å²) in [6.07, 6.45) is 1.55. The Morgan fingerprint density at radius 2 is 1.69 bits per heavy atom. The van der Waals surface area contributed by atoms with E-state index in [9.17, 15) is 17.2 Å². The van der Waals surface area contributed by atoms with Crippen molar-refractivity contribution in [3.05, 3.63) is 65.7 Å². The van der Waals surface area contributed by atoms with Crippen LogP contribution in [0.5, 0.6) is 0 Å². The lowest BCUT2D eigenvalue weighted by molar-refractivity contribution is 0.267. The maximum absolute atomic E-state index is 13.2. The molecule has 1 saturated heterocycles. The molecule has 140 valence electrons. The van der Waals surface area contributed by atoms with Crippen LogP contribution >= 0.6 is 0 Å². The highest BCUT2D eigenvalue weighted by Gasteiger charge is 2.28. The molecule has 0 bridgehead atoms. The van der Waals surface area contributed by atoms with Gasteiger partial charge in [-0.25, -0.2) is 17.2 Å². The SMILES string of the molecule is O=S(=O)(c1ccccc1)N1CCC(CNCc2ccc(F)c(F)c2)CC1. The van der Waals surface area contributed by atoms with E-state index in [4.69, 9.17) is 0 Å². The van der Waals surface area contributed by atoms with E-state index in [-0.39, 0.29) is 0 Å². The van der Waals surface area contributed by atoms with Gasteiger partial charge in [0.15, 0.2) is 11.6 Å². The van der Waals surface area contributed by atoms with E-state index in [0.717, 1.165) is 25.5 Å². The molecule has 3 rings (SSSR count). The minimum absolute atomic E-state index is 0.329. The molecule has 2 aromatic carbocycles. The topological polar surface area (TPSA) is 49.4 Å². The number of piperidine rings is 1. The third-order valence-corrected chi connectivity index (χ3v) is 6.61. The van der Waals surface area contributed by atoms with Crippen LogP contribution in [0, 0.1) is 17.6 Å². The number of benzene rings is 2. The fourth-order valence-corrected chi connectivity index (χ4v) is 4.66. The predicted molar refractivity (Wildman–Crippen MR) is 96.0 cm³/mol. The van der Waals surface area contributed by atoms with E-state index in [2.05, 4.69) is 5.32 Å². The summed E-state index contributed by atoms with van der Waals surface area (Å²) >= 11 is 0. The fourth-order valence-electron chi connectivity index (χ4n) is 3.17. The Kier molecular flexibility index (Phi) is 6.01. The molecule has 1 N–H and O–H groups in total. The zero-order valence-electron chi connectivity index (χ0n) is 14.4. The summed E-state index contributed by atoms with van der Waals surface area (Å²) in [5, 5.41) is 3.25. The summed E-state index contributed by atoms with van der Waals surface area (Å²) in [5.41, 5.74) is 0.688. The van der Waals surface area contributed by atoms with Gasteiger partial charge in [0.25, 0.3) is 0 Å². The number of hydrogen-bond acceptors (Lipinski definition) is 3. The average Bonchev–Trinajstić information content (AvgIpc) is 2.66. The minimum atomic E-state index is -3.42. The van der Waals surface area contributed by atoms with Gasteiger partial charge < -0.3 is 5.32 Å². The number of nitrogens with zero attached hydrogens (tertiary/aromatic N) is 1. The highest BCUT2D eigenvalue weighted by atomic mass is 32.2. The van der Waals surface area contributed by atoms with Crippen molar-refractivity contribution < 1.29 is 17.2 Å². The van der Waals surface area contributed by atoms with Crippen molar-refractivity contribution in [3.8, 4) is 0 Å². The molecule has 26 heavy (non-hydrogen) atoms. The third kappa shape index (κ3) is 4.47. The van der Waals surface area contributed by atoms with E-state index in [0.29, 0.717) is 36.0 Å². The summed E-state index contributed by atoms with van der Waals surface area (Å²) < 4.78 is 52.8. The van der Waals surface area contributed by atoms with Gasteiger partial charge >= 0.3 is 0 Å². The van der Waals surface area contributed by atoms with Gasteiger partial charge in [-0.15, -0.1) is 0 Å². The van der Waals surface area contributed by atoms with Gasteiger partial charge in [-0.05, 0) is 55.1 Å². The summed E-state index contributed by atoms with van der Waals surface area (Å²) in [5.74, 6) is -1.33. The van der Waals surface area contributed by atoms with Crippen molar-refractivity contribution in [1.82, 2.24) is 9.62 Å². The lowest BCUT2D eigenvalue weighted by atomic mass is 9.98. The van der Waals surface area contributed by atoms with Crippen LogP contribution in [0.15, 0.2) is 53.4 Å². The maximum atomic E-state index is 13.2. The monoisotopic (exact) mass is 380 g/mol. The van der Waals surface area contributed by atoms with E-state index in [1.54, 1.807) is 36.4 Å². The summed E-state index contributed by atoms with van der Waals surface area (Å²) in [7, 11) is -3.42. The molecule has 0 aromatic heterocycles. The average molecular weight is 380 g/mol. The number of rotatable bonds is 6. The van der Waals surface area contributed by atoms with Crippen LogP contribution in [-0.4, -0.2) is 32.4 Å². The second kappa shape index (κ2) is 8.24. The fraction of sp³-hybridized carbons (Fsp3) is 0.368. The molecule has 1 fully saturated rings. The number of halogens is 2. The first kappa shape index (κ1) is 18.9. The Balaban J connectivity index is 1.47. The Labute approximate surface area is 152 Å². The van der Waals surface area contributed by atoms with E-state index in [1.807, 2.05) is 0 Å². The van der Waals surface area contributed by atoms with Crippen LogP contribution in [0.1, 0.15) is 18.4 Å². The lowest BCUT2D eigenvalue weighted by Gasteiger charge is -2.31. The smallest absolute Gasteiger partial charge is 0.243 e. The quantitative estimate of drug-likeness (QED) is 0.838. The van der Waals surface area contributed by atoms with Crippen molar-refractivity contribution >= 4 is 10.0 Å². The molecule has 4 nitrogen and oxygen atoms in total. The molecule has 2 aromatic rings. The van der Waals surface area contributed by atoms with Gasteiger partial charge in [0.05, 0.1) is 4.90 Å². The van der Waals surface area contributed by atoms with Crippen LogP contribution in [-0.2, 0) is 16.6 Å². The van der Waals surface area contributed by atoms with Gasteiger partial charge in [0, 0.05) is 19.6 Å². The first-order valence-electron chi connectivity index (χ1n) is 8.66. The van der Waals surface area contributed by atoms with Gasteiger partial charge in [-0.1, -0.05) is 24.3 Å². The molecule has 0 saturated carbocycles. The van der Waals surface area contributed by atoms with E-state index < -0.39 is 21.7 Å². The Hall–Kier alpha value is -1.83. The molecule has 0 radical (unpaired) electrons. The van der Waals surface area contributed by atoms with Gasteiger partial charge in [0.2, 0.25) is 10.0 Å². The third-order valence-electron chi connectivity index (χ3n) is 4.70. The highest BCUT2D eigenvalue weighted by Crippen LogP contribution is 2.23. The number of nitrogens with one attached hydrogen (secondary N) is 1. The predicted octanol–water partition coefficient (Wildman–Crippen LogP) is 3.16. The van der Waals surface area contributed by atoms with Crippen LogP contribution in [0.2, 0.25) is 0 Å². The Morgan fingerprint density at radius 3 is 2.35 bits per heavy atom. The molecule has 0 atom stereocenters. The normalized spacial score (nSPS) is 16.7. The van der Waals surface area contributed by atoms with Crippen LogP contribution < -0.4 is 5.32 Å². The lowest BCUT2D eigenvalue weighted by Crippen LogP contribution is -2.40. The van der Waals surface area contributed by atoms with Gasteiger partial charge in [-0.2, -0.15) is 4.31 Å². The van der Waals surface area contributed by atoms with Crippen LogP contribution in [0.25, 0.3) is 0 Å². The summed E-state index contributed by atoms with van der Waals surface area (Å²) in [4.78, 5) is 0.329. The van der Waals surface area contributed by atoms with Crippen molar-refractivity contribution in [2.75, 3.05) is 19.6 Å².